The molecule has 6 aromatic carbocycles. The van der Waals surface area contributed by atoms with Gasteiger partial charge in [-0.2, -0.15) is 0 Å². The first kappa shape index (κ1) is 24.6. The number of para-hydroxylation sites is 2. The lowest BCUT2D eigenvalue weighted by molar-refractivity contribution is 0.307. The predicted molar refractivity (Wildman–Crippen MR) is 167 cm³/mol. The Morgan fingerprint density at radius 3 is 1.73 bits per heavy atom. The van der Waals surface area contributed by atoms with Crippen molar-refractivity contribution < 1.29 is 18.1 Å². The van der Waals surface area contributed by atoms with E-state index in [9.17, 15) is 0 Å². The molecule has 8 rings (SSSR count). The lowest BCUT2D eigenvalue weighted by Crippen LogP contribution is -2.18. The molecule has 0 aliphatic carbocycles. The average molecular weight is 571 g/mol. The first-order valence-electron chi connectivity index (χ1n) is 13.5. The van der Waals surface area contributed by atoms with E-state index < -0.39 is 16.8 Å². The highest BCUT2D eigenvalue weighted by Crippen LogP contribution is 2.52. The van der Waals surface area contributed by atoms with Crippen LogP contribution in [0.3, 0.4) is 0 Å². The van der Waals surface area contributed by atoms with Gasteiger partial charge in [0.1, 0.15) is 17.2 Å². The number of hydrogen-bond donors (Lipinski definition) is 0. The number of benzene rings is 6. The Hall–Kier alpha value is -4.20. The van der Waals surface area contributed by atoms with Gasteiger partial charge in [-0.1, -0.05) is 103 Å². The van der Waals surface area contributed by atoms with Crippen LogP contribution in [0, 0.1) is 0 Å². The minimum Gasteiger partial charge on any atom is -0.443 e. The highest BCUT2D eigenvalue weighted by atomic mass is 31.2. The maximum absolute atomic E-state index is 6.77. The van der Waals surface area contributed by atoms with E-state index in [2.05, 4.69) is 78.9 Å². The van der Waals surface area contributed by atoms with Crippen molar-refractivity contribution in [3.63, 3.8) is 0 Å². The van der Waals surface area contributed by atoms with E-state index in [1.54, 1.807) is 0 Å². The van der Waals surface area contributed by atoms with Crippen molar-refractivity contribution in [2.45, 2.75) is 6.61 Å². The molecule has 41 heavy (non-hydrogen) atoms. The second-order valence-corrected chi connectivity index (χ2v) is 12.6. The van der Waals surface area contributed by atoms with Gasteiger partial charge in [-0.15, -0.1) is 0 Å². The van der Waals surface area contributed by atoms with E-state index in [4.69, 9.17) is 18.1 Å². The van der Waals surface area contributed by atoms with E-state index in [1.807, 2.05) is 54.6 Å². The Balaban J connectivity index is 1.16. The first-order valence-corrected chi connectivity index (χ1v) is 15.8. The lowest BCUT2D eigenvalue weighted by Gasteiger charge is -2.29. The topological polar surface area (TPSA) is 36.9 Å². The van der Waals surface area contributed by atoms with Crippen molar-refractivity contribution in [1.29, 1.82) is 0 Å². The number of hydrogen-bond acceptors (Lipinski definition) is 4. The van der Waals surface area contributed by atoms with Gasteiger partial charge in [0.25, 0.3) is 8.38 Å². The largest absolute Gasteiger partial charge is 0.443 e. The minimum absolute atomic E-state index is 0.334. The zero-order valence-electron chi connectivity index (χ0n) is 21.9. The van der Waals surface area contributed by atoms with Crippen LogP contribution in [0.25, 0.3) is 33.0 Å². The van der Waals surface area contributed by atoms with Crippen molar-refractivity contribution in [1.82, 2.24) is 0 Å². The van der Waals surface area contributed by atoms with Crippen LogP contribution >= 0.6 is 16.8 Å². The van der Waals surface area contributed by atoms with Crippen molar-refractivity contribution in [2.75, 3.05) is 0 Å². The summed E-state index contributed by atoms with van der Waals surface area (Å²) in [4.78, 5) is 0. The fraction of sp³-hybridized carbons (Fsp3) is 0.0286. The van der Waals surface area contributed by atoms with Crippen molar-refractivity contribution in [3.8, 4) is 39.5 Å². The zero-order chi connectivity index (χ0) is 27.2. The van der Waals surface area contributed by atoms with Gasteiger partial charge >= 0.3 is 8.38 Å². The van der Waals surface area contributed by atoms with Gasteiger partial charge in [-0.05, 0) is 52.2 Å². The number of fused-ring (bicyclic) bond motifs is 7. The van der Waals surface area contributed by atoms with Crippen LogP contribution in [-0.4, -0.2) is 0 Å². The smallest absolute Gasteiger partial charge is 0.326 e. The Bertz CT molecular complexity index is 1920. The third kappa shape index (κ3) is 4.36. The summed E-state index contributed by atoms with van der Waals surface area (Å²) in [5.74, 6) is 2.44. The minimum atomic E-state index is -1.41. The molecule has 0 saturated heterocycles. The van der Waals surface area contributed by atoms with Gasteiger partial charge in [0.15, 0.2) is 0 Å². The fourth-order valence-corrected chi connectivity index (χ4v) is 8.46. The molecule has 6 aromatic rings. The average Bonchev–Trinajstić information content (AvgIpc) is 3.04. The number of rotatable bonds is 5. The summed E-state index contributed by atoms with van der Waals surface area (Å²) in [6.45, 7) is 0.334. The van der Waals surface area contributed by atoms with Crippen LogP contribution < -0.4 is 24.2 Å². The van der Waals surface area contributed by atoms with Gasteiger partial charge in [-0.3, -0.25) is 0 Å². The molecule has 2 aliphatic rings. The SMILES string of the molecule is c1ccc2c(c1)OP(OCc1c(OP3Oc4ccccc4-c4ccccc43)ccc3ccccc13)c1ccccc1-2. The van der Waals surface area contributed by atoms with E-state index in [0.717, 1.165) is 66.4 Å². The summed E-state index contributed by atoms with van der Waals surface area (Å²) in [6, 6.07) is 45.4. The molecule has 0 radical (unpaired) electrons. The van der Waals surface area contributed by atoms with Crippen LogP contribution in [-0.2, 0) is 11.1 Å². The standard InChI is InChI=1S/C35H24O4P2/c1-2-12-25-24(11-1)21-22-33(39-41-35-20-10-6-16-29(35)27-14-4-8-18-32(27)38-41)30(25)23-36-40-34-19-9-5-15-28(34)26-13-3-7-17-31(26)37-40/h1-22H,23H2. The molecule has 0 aromatic heterocycles. The second-order valence-electron chi connectivity index (χ2n) is 9.85. The molecule has 0 saturated carbocycles. The summed E-state index contributed by atoms with van der Waals surface area (Å²) in [5, 5.41) is 4.36. The monoisotopic (exact) mass is 570 g/mol. The summed E-state index contributed by atoms with van der Waals surface area (Å²) in [7, 11) is -2.75. The van der Waals surface area contributed by atoms with Crippen molar-refractivity contribution in [3.05, 3.63) is 139 Å². The van der Waals surface area contributed by atoms with Crippen LogP contribution in [0.4, 0.5) is 0 Å². The van der Waals surface area contributed by atoms with Gasteiger partial charge < -0.3 is 18.1 Å². The molecule has 2 heterocycles. The van der Waals surface area contributed by atoms with Crippen LogP contribution in [0.1, 0.15) is 5.56 Å². The summed E-state index contributed by atoms with van der Waals surface area (Å²) in [6.07, 6.45) is 0. The third-order valence-electron chi connectivity index (χ3n) is 7.42. The highest BCUT2D eigenvalue weighted by Gasteiger charge is 2.31. The summed E-state index contributed by atoms with van der Waals surface area (Å²) >= 11 is 0. The molecular formula is C35H24O4P2. The van der Waals surface area contributed by atoms with Gasteiger partial charge in [0.2, 0.25) is 0 Å². The quantitative estimate of drug-likeness (QED) is 0.194. The normalized spacial score (nSPS) is 16.4. The highest BCUT2D eigenvalue weighted by molar-refractivity contribution is 7.57. The summed E-state index contributed by atoms with van der Waals surface area (Å²) in [5.41, 5.74) is 5.46. The molecule has 0 N–H and O–H groups in total. The molecule has 0 bridgehead atoms. The molecule has 2 unspecified atom stereocenters. The zero-order valence-corrected chi connectivity index (χ0v) is 23.7. The van der Waals surface area contributed by atoms with Crippen molar-refractivity contribution >= 4 is 38.1 Å². The summed E-state index contributed by atoms with van der Waals surface area (Å²) < 4.78 is 26.4. The molecule has 6 heteroatoms. The van der Waals surface area contributed by atoms with E-state index >= 15 is 0 Å². The molecule has 0 fully saturated rings. The van der Waals surface area contributed by atoms with Crippen molar-refractivity contribution in [2.24, 2.45) is 0 Å². The molecule has 4 nitrogen and oxygen atoms in total. The molecule has 0 spiro atoms. The van der Waals surface area contributed by atoms with Gasteiger partial charge in [0.05, 0.1) is 17.2 Å². The lowest BCUT2D eigenvalue weighted by atomic mass is 10.0. The van der Waals surface area contributed by atoms with E-state index in [1.165, 1.54) is 0 Å². The Kier molecular flexibility index (Phi) is 6.19. The molecule has 2 atom stereocenters. The van der Waals surface area contributed by atoms with E-state index in [-0.39, 0.29) is 0 Å². The Morgan fingerprint density at radius 2 is 1.02 bits per heavy atom. The maximum Gasteiger partial charge on any atom is 0.326 e. The van der Waals surface area contributed by atoms with Crippen LogP contribution in [0.15, 0.2) is 133 Å². The molecular weight excluding hydrogens is 546 g/mol. The Morgan fingerprint density at radius 1 is 0.488 bits per heavy atom. The predicted octanol–water partition coefficient (Wildman–Crippen LogP) is 9.13. The fourth-order valence-electron chi connectivity index (χ4n) is 5.46. The maximum atomic E-state index is 6.77. The van der Waals surface area contributed by atoms with E-state index in [0.29, 0.717) is 6.61 Å². The second kappa shape index (κ2) is 10.3. The Labute approximate surface area is 240 Å². The van der Waals surface area contributed by atoms with Gasteiger partial charge in [0, 0.05) is 16.7 Å². The third-order valence-corrected chi connectivity index (χ3v) is 10.4. The molecule has 198 valence electrons. The van der Waals surface area contributed by atoms with Gasteiger partial charge in [-0.25, -0.2) is 0 Å². The van der Waals surface area contributed by atoms with Crippen LogP contribution in [0.5, 0.6) is 17.2 Å². The van der Waals surface area contributed by atoms with Crippen LogP contribution in [0.2, 0.25) is 0 Å². The first-order chi connectivity index (χ1) is 20.3. The molecule has 2 aliphatic heterocycles. The molecule has 0 amide bonds.